The Morgan fingerprint density at radius 3 is 3.11 bits per heavy atom. The van der Waals surface area contributed by atoms with E-state index in [0.717, 1.165) is 10.9 Å². The van der Waals surface area contributed by atoms with E-state index in [2.05, 4.69) is 10.3 Å². The van der Waals surface area contributed by atoms with Gasteiger partial charge >= 0.3 is 0 Å². The summed E-state index contributed by atoms with van der Waals surface area (Å²) in [6.45, 7) is 0.0887. The van der Waals surface area contributed by atoms with E-state index < -0.39 is 0 Å². The third-order valence-corrected chi connectivity index (χ3v) is 2.38. The Morgan fingerprint density at radius 1 is 1.39 bits per heavy atom. The first-order chi connectivity index (χ1) is 8.79. The van der Waals surface area contributed by atoms with E-state index in [1.165, 1.54) is 0 Å². The third-order valence-electron chi connectivity index (χ3n) is 2.38. The summed E-state index contributed by atoms with van der Waals surface area (Å²) in [5.41, 5.74) is 0.825. The van der Waals surface area contributed by atoms with Crippen LogP contribution in [0.25, 0.3) is 10.9 Å². The lowest BCUT2D eigenvalue weighted by atomic mass is 10.2. The van der Waals surface area contributed by atoms with Crippen molar-refractivity contribution in [2.24, 2.45) is 0 Å². The van der Waals surface area contributed by atoms with Gasteiger partial charge in [-0.15, -0.1) is 0 Å². The highest BCUT2D eigenvalue weighted by Crippen LogP contribution is 2.18. The van der Waals surface area contributed by atoms with Gasteiger partial charge in [-0.2, -0.15) is 0 Å². The Hall–Kier alpha value is -2.14. The molecule has 0 spiro atoms. The normalized spacial score (nSPS) is 10.3. The number of amides is 1. The standard InChI is InChI=1S/C13H14N2O3/c16-7-6-15-13(17)9-18-11-4-3-10-2-1-5-14-12(10)8-11/h1-5,8,16H,6-7,9H2,(H,15,17). The number of carbonyl (C=O) groups excluding carboxylic acids is 1. The maximum absolute atomic E-state index is 11.3. The molecule has 5 heteroatoms. The Bertz CT molecular complexity index is 543. The van der Waals surface area contributed by atoms with E-state index in [1.807, 2.05) is 18.2 Å². The third kappa shape index (κ3) is 3.18. The second kappa shape index (κ2) is 5.97. The van der Waals surface area contributed by atoms with Crippen LogP contribution in [0, 0.1) is 0 Å². The van der Waals surface area contributed by atoms with Crippen LogP contribution in [-0.2, 0) is 4.79 Å². The molecule has 0 aliphatic carbocycles. The van der Waals surface area contributed by atoms with Crippen molar-refractivity contribution in [2.45, 2.75) is 0 Å². The summed E-state index contributed by atoms with van der Waals surface area (Å²) in [6.07, 6.45) is 1.71. The molecule has 0 atom stereocenters. The summed E-state index contributed by atoms with van der Waals surface area (Å²) in [5, 5.41) is 12.1. The number of aromatic nitrogens is 1. The van der Waals surface area contributed by atoms with Gasteiger partial charge in [0.2, 0.25) is 0 Å². The molecule has 1 aromatic heterocycles. The van der Waals surface area contributed by atoms with Crippen molar-refractivity contribution in [2.75, 3.05) is 19.8 Å². The molecule has 94 valence electrons. The molecule has 0 saturated heterocycles. The fraction of sp³-hybridized carbons (Fsp3) is 0.231. The minimum absolute atomic E-state index is 0.0711. The Labute approximate surface area is 104 Å². The second-order valence-corrected chi connectivity index (χ2v) is 3.72. The predicted molar refractivity (Wildman–Crippen MR) is 67.3 cm³/mol. The number of fused-ring (bicyclic) bond motifs is 1. The molecule has 0 fully saturated rings. The van der Waals surface area contributed by atoms with Gasteiger partial charge in [-0.25, -0.2) is 0 Å². The summed E-state index contributed by atoms with van der Waals surface area (Å²) in [5.74, 6) is 0.338. The molecule has 0 radical (unpaired) electrons. The Balaban J connectivity index is 1.97. The topological polar surface area (TPSA) is 71.5 Å². The lowest BCUT2D eigenvalue weighted by molar-refractivity contribution is -0.123. The van der Waals surface area contributed by atoms with Crippen molar-refractivity contribution in [3.05, 3.63) is 36.5 Å². The molecule has 2 aromatic rings. The maximum atomic E-state index is 11.3. The van der Waals surface area contributed by atoms with Gasteiger partial charge in [-0.05, 0) is 18.2 Å². The zero-order valence-electron chi connectivity index (χ0n) is 9.80. The van der Waals surface area contributed by atoms with Gasteiger partial charge in [0.1, 0.15) is 5.75 Å². The van der Waals surface area contributed by atoms with Gasteiger partial charge in [0.15, 0.2) is 6.61 Å². The Morgan fingerprint density at radius 2 is 2.28 bits per heavy atom. The van der Waals surface area contributed by atoms with E-state index in [9.17, 15) is 4.79 Å². The molecule has 1 aromatic carbocycles. The number of hydrogen-bond acceptors (Lipinski definition) is 4. The second-order valence-electron chi connectivity index (χ2n) is 3.72. The SMILES string of the molecule is O=C(COc1ccc2cccnc2c1)NCCO. The van der Waals surface area contributed by atoms with Crippen LogP contribution in [0.15, 0.2) is 36.5 Å². The molecule has 0 bridgehead atoms. The van der Waals surface area contributed by atoms with Crippen molar-refractivity contribution < 1.29 is 14.6 Å². The molecule has 2 rings (SSSR count). The fourth-order valence-corrected chi connectivity index (χ4v) is 1.53. The average Bonchev–Trinajstić information content (AvgIpc) is 2.42. The van der Waals surface area contributed by atoms with Crippen LogP contribution in [0.1, 0.15) is 0 Å². The summed E-state index contributed by atoms with van der Waals surface area (Å²) < 4.78 is 5.34. The number of pyridine rings is 1. The number of aliphatic hydroxyl groups excluding tert-OH is 1. The zero-order valence-corrected chi connectivity index (χ0v) is 9.80. The number of aliphatic hydroxyl groups is 1. The highest BCUT2D eigenvalue weighted by molar-refractivity contribution is 5.80. The quantitative estimate of drug-likeness (QED) is 0.815. The monoisotopic (exact) mass is 246 g/mol. The van der Waals surface area contributed by atoms with Crippen molar-refractivity contribution in [3.8, 4) is 5.75 Å². The molecular weight excluding hydrogens is 232 g/mol. The van der Waals surface area contributed by atoms with Crippen LogP contribution in [0.3, 0.4) is 0 Å². The highest BCUT2D eigenvalue weighted by atomic mass is 16.5. The van der Waals surface area contributed by atoms with E-state index in [-0.39, 0.29) is 25.7 Å². The number of hydrogen-bond donors (Lipinski definition) is 2. The van der Waals surface area contributed by atoms with Crippen LogP contribution in [0.2, 0.25) is 0 Å². The number of nitrogens with one attached hydrogen (secondary N) is 1. The van der Waals surface area contributed by atoms with Gasteiger partial charge in [0, 0.05) is 24.2 Å². The number of benzene rings is 1. The first-order valence-electron chi connectivity index (χ1n) is 5.65. The molecule has 1 heterocycles. The van der Waals surface area contributed by atoms with Crippen molar-refractivity contribution in [1.82, 2.24) is 10.3 Å². The number of carbonyl (C=O) groups is 1. The average molecular weight is 246 g/mol. The maximum Gasteiger partial charge on any atom is 0.258 e. The number of rotatable bonds is 5. The van der Waals surface area contributed by atoms with Crippen molar-refractivity contribution in [1.29, 1.82) is 0 Å². The zero-order chi connectivity index (χ0) is 12.8. The molecule has 0 aliphatic heterocycles. The first kappa shape index (κ1) is 12.3. The number of ether oxygens (including phenoxy) is 1. The van der Waals surface area contributed by atoms with Crippen molar-refractivity contribution in [3.63, 3.8) is 0 Å². The van der Waals surface area contributed by atoms with Crippen molar-refractivity contribution >= 4 is 16.8 Å². The van der Waals surface area contributed by atoms with Crippen LogP contribution in [-0.4, -0.2) is 35.8 Å². The Kier molecular flexibility index (Phi) is 4.09. The van der Waals surface area contributed by atoms with E-state index in [0.29, 0.717) is 5.75 Å². The molecule has 2 N–H and O–H groups in total. The predicted octanol–water partition coefficient (Wildman–Crippen LogP) is 0.722. The van der Waals surface area contributed by atoms with Crippen LogP contribution in [0.5, 0.6) is 5.75 Å². The smallest absolute Gasteiger partial charge is 0.258 e. The summed E-state index contributed by atoms with van der Waals surface area (Å²) >= 11 is 0. The van der Waals surface area contributed by atoms with Gasteiger partial charge < -0.3 is 15.2 Å². The molecular formula is C13H14N2O3. The number of nitrogens with zero attached hydrogens (tertiary/aromatic N) is 1. The first-order valence-corrected chi connectivity index (χ1v) is 5.65. The van der Waals surface area contributed by atoms with Gasteiger partial charge in [-0.3, -0.25) is 9.78 Å². The van der Waals surface area contributed by atoms with E-state index >= 15 is 0 Å². The molecule has 0 unspecified atom stereocenters. The van der Waals surface area contributed by atoms with Crippen LogP contribution >= 0.6 is 0 Å². The van der Waals surface area contributed by atoms with Gasteiger partial charge in [0.05, 0.1) is 12.1 Å². The summed E-state index contributed by atoms with van der Waals surface area (Å²) in [4.78, 5) is 15.5. The van der Waals surface area contributed by atoms with E-state index in [1.54, 1.807) is 18.3 Å². The molecule has 0 saturated carbocycles. The fourth-order valence-electron chi connectivity index (χ4n) is 1.53. The minimum Gasteiger partial charge on any atom is -0.484 e. The largest absolute Gasteiger partial charge is 0.484 e. The minimum atomic E-state index is -0.259. The lowest BCUT2D eigenvalue weighted by Crippen LogP contribution is -2.31. The summed E-state index contributed by atoms with van der Waals surface area (Å²) in [6, 6.07) is 9.30. The van der Waals surface area contributed by atoms with Crippen LogP contribution in [0.4, 0.5) is 0 Å². The van der Waals surface area contributed by atoms with Crippen LogP contribution < -0.4 is 10.1 Å². The van der Waals surface area contributed by atoms with Gasteiger partial charge in [-0.1, -0.05) is 6.07 Å². The van der Waals surface area contributed by atoms with Gasteiger partial charge in [0.25, 0.3) is 5.91 Å². The molecule has 18 heavy (non-hydrogen) atoms. The highest BCUT2D eigenvalue weighted by Gasteiger charge is 2.02. The molecule has 0 aliphatic rings. The van der Waals surface area contributed by atoms with E-state index in [4.69, 9.17) is 9.84 Å². The lowest BCUT2D eigenvalue weighted by Gasteiger charge is -2.07. The molecule has 5 nitrogen and oxygen atoms in total. The molecule has 1 amide bonds. The summed E-state index contributed by atoms with van der Waals surface area (Å²) in [7, 11) is 0.